The minimum atomic E-state index is -0.228. The molecule has 0 saturated carbocycles. The monoisotopic (exact) mass is 397 g/mol. The molecular formula is C22H27N3O4. The number of amides is 3. The fraction of sp³-hybridized carbons (Fsp3) is 0.364. The molecule has 1 aliphatic rings. The Hall–Kier alpha value is -3.22. The van der Waals surface area contributed by atoms with Gasteiger partial charge in [0.2, 0.25) is 5.91 Å². The minimum Gasteiger partial charge on any atom is -0.486 e. The number of carbonyl (C=O) groups is 2. The van der Waals surface area contributed by atoms with Gasteiger partial charge in [-0.1, -0.05) is 24.3 Å². The first-order valence-corrected chi connectivity index (χ1v) is 9.77. The highest BCUT2D eigenvalue weighted by molar-refractivity contribution is 5.88. The van der Waals surface area contributed by atoms with Crippen LogP contribution in [0.25, 0.3) is 0 Å². The highest BCUT2D eigenvalue weighted by Gasteiger charge is 2.25. The molecule has 0 saturated heterocycles. The van der Waals surface area contributed by atoms with Crippen molar-refractivity contribution in [2.45, 2.75) is 32.9 Å². The Labute approximate surface area is 171 Å². The van der Waals surface area contributed by atoms with E-state index in [1.165, 1.54) is 6.92 Å². The molecule has 3 amide bonds. The number of likely N-dealkylation sites (N-methyl/N-ethyl adjacent to an activating group) is 1. The molecule has 1 heterocycles. The molecule has 0 radical (unpaired) electrons. The molecule has 2 aromatic rings. The van der Waals surface area contributed by atoms with Gasteiger partial charge in [0.1, 0.15) is 6.61 Å². The van der Waals surface area contributed by atoms with E-state index in [4.69, 9.17) is 9.47 Å². The first-order chi connectivity index (χ1) is 14.0. The van der Waals surface area contributed by atoms with Crippen molar-refractivity contribution >= 4 is 17.6 Å². The van der Waals surface area contributed by atoms with Crippen molar-refractivity contribution < 1.29 is 19.1 Å². The Morgan fingerprint density at radius 2 is 1.93 bits per heavy atom. The number of carbonyl (C=O) groups excluding carboxylic acids is 2. The largest absolute Gasteiger partial charge is 0.486 e. The van der Waals surface area contributed by atoms with Gasteiger partial charge in [0.05, 0.1) is 12.6 Å². The third kappa shape index (κ3) is 5.40. The number of hydrogen-bond acceptors (Lipinski definition) is 4. The van der Waals surface area contributed by atoms with Gasteiger partial charge in [-0.3, -0.25) is 4.79 Å². The van der Waals surface area contributed by atoms with Crippen LogP contribution in [0.1, 0.15) is 32.4 Å². The Bertz CT molecular complexity index is 871. The summed E-state index contributed by atoms with van der Waals surface area (Å²) in [7, 11) is 0. The summed E-state index contributed by atoms with van der Waals surface area (Å²) in [4.78, 5) is 25.8. The summed E-state index contributed by atoms with van der Waals surface area (Å²) in [5.74, 6) is 1.29. The van der Waals surface area contributed by atoms with Crippen molar-refractivity contribution in [3.05, 3.63) is 54.1 Å². The number of anilines is 1. The van der Waals surface area contributed by atoms with E-state index in [-0.39, 0.29) is 24.1 Å². The normalized spacial score (nSPS) is 15.9. The lowest BCUT2D eigenvalue weighted by atomic mass is 10.1. The molecule has 0 aromatic heterocycles. The van der Waals surface area contributed by atoms with Gasteiger partial charge >= 0.3 is 6.03 Å². The second-order valence-electron chi connectivity index (χ2n) is 7.01. The molecular weight excluding hydrogens is 370 g/mol. The van der Waals surface area contributed by atoms with Crippen molar-refractivity contribution in [1.29, 1.82) is 0 Å². The number of rotatable bonds is 6. The molecule has 2 atom stereocenters. The summed E-state index contributed by atoms with van der Waals surface area (Å²) < 4.78 is 11.7. The summed E-state index contributed by atoms with van der Waals surface area (Å²) in [5, 5.41) is 5.77. The Kier molecular flexibility index (Phi) is 6.59. The first kappa shape index (κ1) is 20.5. The maximum atomic E-state index is 12.8. The van der Waals surface area contributed by atoms with Gasteiger partial charge < -0.3 is 25.0 Å². The third-order valence-corrected chi connectivity index (χ3v) is 4.71. The first-order valence-electron chi connectivity index (χ1n) is 9.77. The van der Waals surface area contributed by atoms with Crippen LogP contribution in [-0.2, 0) is 4.79 Å². The zero-order valence-corrected chi connectivity index (χ0v) is 17.0. The van der Waals surface area contributed by atoms with Crippen molar-refractivity contribution in [3.8, 4) is 11.5 Å². The third-order valence-electron chi connectivity index (χ3n) is 4.71. The van der Waals surface area contributed by atoms with E-state index in [2.05, 4.69) is 10.6 Å². The fourth-order valence-electron chi connectivity index (χ4n) is 3.20. The van der Waals surface area contributed by atoms with Gasteiger partial charge in [0.15, 0.2) is 17.6 Å². The predicted octanol–water partition coefficient (Wildman–Crippen LogP) is 3.58. The van der Waals surface area contributed by atoms with Crippen LogP contribution in [0.4, 0.5) is 10.5 Å². The molecule has 7 heteroatoms. The van der Waals surface area contributed by atoms with Crippen LogP contribution in [0.5, 0.6) is 11.5 Å². The van der Waals surface area contributed by atoms with Gasteiger partial charge in [-0.2, -0.15) is 0 Å². The summed E-state index contributed by atoms with van der Waals surface area (Å²) in [5.41, 5.74) is 1.61. The van der Waals surface area contributed by atoms with Gasteiger partial charge in [-0.05, 0) is 43.7 Å². The lowest BCUT2D eigenvalue weighted by Crippen LogP contribution is -2.47. The van der Waals surface area contributed by atoms with Crippen LogP contribution in [0.3, 0.4) is 0 Å². The quantitative estimate of drug-likeness (QED) is 0.781. The number of hydrogen-bond donors (Lipinski definition) is 2. The summed E-state index contributed by atoms with van der Waals surface area (Å²) >= 11 is 0. The fourth-order valence-corrected chi connectivity index (χ4v) is 3.20. The molecule has 2 unspecified atom stereocenters. The number of ether oxygens (including phenoxy) is 2. The number of nitrogens with zero attached hydrogens (tertiary/aromatic N) is 1. The molecule has 2 N–H and O–H groups in total. The van der Waals surface area contributed by atoms with E-state index in [1.807, 2.05) is 62.4 Å². The van der Waals surface area contributed by atoms with E-state index in [0.29, 0.717) is 31.1 Å². The SMILES string of the molecule is CCN(CC1COc2ccccc2O1)C(=O)NC(C)c1cccc(NC(C)=O)c1. The van der Waals surface area contributed by atoms with Crippen molar-refractivity contribution in [2.75, 3.05) is 25.0 Å². The summed E-state index contributed by atoms with van der Waals surface area (Å²) in [6.45, 7) is 6.68. The standard InChI is InChI=1S/C22H27N3O4/c1-4-25(13-19-14-28-20-10-5-6-11-21(20)29-19)22(27)23-15(2)17-8-7-9-18(12-17)24-16(3)26/h5-12,15,19H,4,13-14H2,1-3H3,(H,23,27)(H,24,26). The van der Waals surface area contributed by atoms with E-state index in [0.717, 1.165) is 11.3 Å². The Morgan fingerprint density at radius 1 is 1.17 bits per heavy atom. The van der Waals surface area contributed by atoms with Crippen LogP contribution in [-0.4, -0.2) is 42.6 Å². The molecule has 0 aliphatic carbocycles. The molecule has 0 bridgehead atoms. The lowest BCUT2D eigenvalue weighted by molar-refractivity contribution is -0.114. The van der Waals surface area contributed by atoms with E-state index >= 15 is 0 Å². The number of nitrogens with one attached hydrogen (secondary N) is 2. The smallest absolute Gasteiger partial charge is 0.317 e. The Morgan fingerprint density at radius 3 is 2.66 bits per heavy atom. The molecule has 1 aliphatic heterocycles. The zero-order chi connectivity index (χ0) is 20.8. The molecule has 154 valence electrons. The van der Waals surface area contributed by atoms with Crippen LogP contribution in [0.2, 0.25) is 0 Å². The van der Waals surface area contributed by atoms with Crippen LogP contribution >= 0.6 is 0 Å². The van der Waals surface area contributed by atoms with Gasteiger partial charge in [0.25, 0.3) is 0 Å². The highest BCUT2D eigenvalue weighted by Crippen LogP contribution is 2.31. The van der Waals surface area contributed by atoms with Gasteiger partial charge in [-0.15, -0.1) is 0 Å². The van der Waals surface area contributed by atoms with E-state index in [9.17, 15) is 9.59 Å². The second-order valence-corrected chi connectivity index (χ2v) is 7.01. The van der Waals surface area contributed by atoms with E-state index in [1.54, 1.807) is 4.90 Å². The topological polar surface area (TPSA) is 79.9 Å². The maximum Gasteiger partial charge on any atom is 0.317 e. The van der Waals surface area contributed by atoms with Crippen LogP contribution in [0.15, 0.2) is 48.5 Å². The van der Waals surface area contributed by atoms with Crippen molar-refractivity contribution in [2.24, 2.45) is 0 Å². The van der Waals surface area contributed by atoms with Crippen molar-refractivity contribution in [1.82, 2.24) is 10.2 Å². The van der Waals surface area contributed by atoms with Crippen molar-refractivity contribution in [3.63, 3.8) is 0 Å². The minimum absolute atomic E-state index is 0.132. The predicted molar refractivity (Wildman–Crippen MR) is 111 cm³/mol. The number of benzene rings is 2. The summed E-state index contributed by atoms with van der Waals surface area (Å²) in [6.07, 6.45) is -0.228. The lowest BCUT2D eigenvalue weighted by Gasteiger charge is -2.31. The maximum absolute atomic E-state index is 12.8. The second kappa shape index (κ2) is 9.32. The molecule has 29 heavy (non-hydrogen) atoms. The molecule has 3 rings (SSSR count). The molecule has 2 aromatic carbocycles. The number of para-hydroxylation sites is 2. The highest BCUT2D eigenvalue weighted by atomic mass is 16.6. The van der Waals surface area contributed by atoms with Gasteiger partial charge in [0, 0.05) is 19.2 Å². The Balaban J connectivity index is 1.59. The number of urea groups is 1. The van der Waals surface area contributed by atoms with Gasteiger partial charge in [-0.25, -0.2) is 4.79 Å². The molecule has 0 spiro atoms. The summed E-state index contributed by atoms with van der Waals surface area (Å²) in [6, 6.07) is 14.6. The molecule has 0 fully saturated rings. The average molecular weight is 397 g/mol. The molecule has 7 nitrogen and oxygen atoms in total. The van der Waals surface area contributed by atoms with Crippen LogP contribution < -0.4 is 20.1 Å². The van der Waals surface area contributed by atoms with E-state index < -0.39 is 0 Å². The average Bonchev–Trinajstić information content (AvgIpc) is 2.71. The van der Waals surface area contributed by atoms with Crippen LogP contribution in [0, 0.1) is 0 Å². The number of fused-ring (bicyclic) bond motifs is 1. The zero-order valence-electron chi connectivity index (χ0n) is 17.0.